The van der Waals surface area contributed by atoms with Crippen LogP contribution in [0, 0.1) is 13.8 Å². The van der Waals surface area contributed by atoms with Crippen molar-refractivity contribution in [3.05, 3.63) is 22.1 Å². The van der Waals surface area contributed by atoms with Crippen LogP contribution in [-0.2, 0) is 6.42 Å². The standard InChI is InChI=1S/C12H19ClN2O/c1-9-11(16-10(2)12(9)13)3-6-15-7-4-14-5-8-15/h14H,3-8H2,1-2H3. The molecule has 0 saturated carbocycles. The summed E-state index contributed by atoms with van der Waals surface area (Å²) >= 11 is 6.10. The van der Waals surface area contributed by atoms with Crippen LogP contribution in [0.1, 0.15) is 17.1 Å². The highest BCUT2D eigenvalue weighted by Gasteiger charge is 2.14. The Kier molecular flexibility index (Phi) is 3.90. The molecule has 0 bridgehead atoms. The lowest BCUT2D eigenvalue weighted by Crippen LogP contribution is -2.44. The van der Waals surface area contributed by atoms with E-state index >= 15 is 0 Å². The molecule has 0 aliphatic carbocycles. The predicted octanol–water partition coefficient (Wildman–Crippen LogP) is 2.00. The van der Waals surface area contributed by atoms with E-state index in [-0.39, 0.29) is 0 Å². The van der Waals surface area contributed by atoms with E-state index in [2.05, 4.69) is 10.2 Å². The van der Waals surface area contributed by atoms with E-state index in [0.717, 1.165) is 61.3 Å². The van der Waals surface area contributed by atoms with E-state index in [1.54, 1.807) is 0 Å². The zero-order valence-electron chi connectivity index (χ0n) is 9.98. The van der Waals surface area contributed by atoms with Gasteiger partial charge in [0.05, 0.1) is 5.02 Å². The fraction of sp³-hybridized carbons (Fsp3) is 0.667. The van der Waals surface area contributed by atoms with Gasteiger partial charge in [0, 0.05) is 44.7 Å². The fourth-order valence-corrected chi connectivity index (χ4v) is 2.27. The van der Waals surface area contributed by atoms with Gasteiger partial charge >= 0.3 is 0 Å². The summed E-state index contributed by atoms with van der Waals surface area (Å²) in [7, 11) is 0. The largest absolute Gasteiger partial charge is 0.464 e. The summed E-state index contributed by atoms with van der Waals surface area (Å²) in [5.74, 6) is 1.88. The second-order valence-corrected chi connectivity index (χ2v) is 4.74. The van der Waals surface area contributed by atoms with Gasteiger partial charge in [0.25, 0.3) is 0 Å². The summed E-state index contributed by atoms with van der Waals surface area (Å²) in [6, 6.07) is 0. The van der Waals surface area contributed by atoms with E-state index in [1.807, 2.05) is 13.8 Å². The van der Waals surface area contributed by atoms with Crippen LogP contribution in [0.15, 0.2) is 4.42 Å². The minimum atomic E-state index is 0.787. The monoisotopic (exact) mass is 242 g/mol. The van der Waals surface area contributed by atoms with E-state index in [1.165, 1.54) is 0 Å². The van der Waals surface area contributed by atoms with Crippen LogP contribution in [0.3, 0.4) is 0 Å². The van der Waals surface area contributed by atoms with Crippen molar-refractivity contribution in [1.82, 2.24) is 10.2 Å². The van der Waals surface area contributed by atoms with Gasteiger partial charge in [-0.1, -0.05) is 11.6 Å². The van der Waals surface area contributed by atoms with Gasteiger partial charge in [0.1, 0.15) is 11.5 Å². The number of furan rings is 1. The fourth-order valence-electron chi connectivity index (χ4n) is 2.13. The summed E-state index contributed by atoms with van der Waals surface area (Å²) in [6.07, 6.45) is 0.958. The molecule has 1 fully saturated rings. The first-order valence-electron chi connectivity index (χ1n) is 5.86. The van der Waals surface area contributed by atoms with Gasteiger partial charge in [0.2, 0.25) is 0 Å². The number of nitrogens with one attached hydrogen (secondary N) is 1. The van der Waals surface area contributed by atoms with Gasteiger partial charge in [-0.05, 0) is 13.8 Å². The first kappa shape index (κ1) is 12.0. The highest BCUT2D eigenvalue weighted by molar-refractivity contribution is 6.32. The van der Waals surface area contributed by atoms with Crippen LogP contribution < -0.4 is 5.32 Å². The Labute approximate surface area is 102 Å². The average Bonchev–Trinajstić information content (AvgIpc) is 2.56. The molecule has 16 heavy (non-hydrogen) atoms. The van der Waals surface area contributed by atoms with Crippen LogP contribution >= 0.6 is 11.6 Å². The summed E-state index contributed by atoms with van der Waals surface area (Å²) < 4.78 is 5.66. The number of piperazine rings is 1. The Hall–Kier alpha value is -0.510. The number of hydrogen-bond acceptors (Lipinski definition) is 3. The molecule has 90 valence electrons. The molecule has 1 N–H and O–H groups in total. The van der Waals surface area contributed by atoms with Crippen molar-refractivity contribution in [2.75, 3.05) is 32.7 Å². The molecule has 3 nitrogen and oxygen atoms in total. The molecule has 2 heterocycles. The molecule has 0 aromatic carbocycles. The Morgan fingerprint density at radius 1 is 1.31 bits per heavy atom. The highest BCUT2D eigenvalue weighted by atomic mass is 35.5. The lowest BCUT2D eigenvalue weighted by Gasteiger charge is -2.26. The zero-order valence-corrected chi connectivity index (χ0v) is 10.7. The van der Waals surface area contributed by atoms with Crippen molar-refractivity contribution in [2.45, 2.75) is 20.3 Å². The van der Waals surface area contributed by atoms with Gasteiger partial charge in [-0.25, -0.2) is 0 Å². The molecule has 1 aromatic heterocycles. The molecule has 0 unspecified atom stereocenters. The summed E-state index contributed by atoms with van der Waals surface area (Å²) in [6.45, 7) is 9.47. The third-order valence-corrected chi connectivity index (χ3v) is 3.75. The van der Waals surface area contributed by atoms with E-state index < -0.39 is 0 Å². The SMILES string of the molecule is Cc1oc(CCN2CCNCC2)c(C)c1Cl. The Bertz CT molecular complexity index is 356. The molecule has 0 atom stereocenters. The van der Waals surface area contributed by atoms with Crippen LogP contribution in [0.4, 0.5) is 0 Å². The normalized spacial score (nSPS) is 17.9. The van der Waals surface area contributed by atoms with E-state index in [0.29, 0.717) is 0 Å². The third-order valence-electron chi connectivity index (χ3n) is 3.20. The number of aryl methyl sites for hydroxylation is 1. The molecule has 1 aliphatic heterocycles. The molecule has 0 amide bonds. The first-order valence-corrected chi connectivity index (χ1v) is 6.23. The maximum Gasteiger partial charge on any atom is 0.119 e. The quantitative estimate of drug-likeness (QED) is 0.879. The maximum atomic E-state index is 6.10. The van der Waals surface area contributed by atoms with Crippen molar-refractivity contribution in [3.63, 3.8) is 0 Å². The van der Waals surface area contributed by atoms with Gasteiger partial charge in [-0.15, -0.1) is 0 Å². The number of hydrogen-bond donors (Lipinski definition) is 1. The smallest absolute Gasteiger partial charge is 0.119 e. The molecule has 0 radical (unpaired) electrons. The van der Waals surface area contributed by atoms with Gasteiger partial charge in [-0.3, -0.25) is 0 Å². The van der Waals surface area contributed by atoms with Crippen LogP contribution in [0.2, 0.25) is 5.02 Å². The molecule has 1 saturated heterocycles. The summed E-state index contributed by atoms with van der Waals surface area (Å²) in [5.41, 5.74) is 1.11. The van der Waals surface area contributed by atoms with Crippen molar-refractivity contribution in [2.24, 2.45) is 0 Å². The zero-order chi connectivity index (χ0) is 11.5. The lowest BCUT2D eigenvalue weighted by molar-refractivity contribution is 0.238. The average molecular weight is 243 g/mol. The van der Waals surface area contributed by atoms with Crippen molar-refractivity contribution in [3.8, 4) is 0 Å². The van der Waals surface area contributed by atoms with E-state index in [4.69, 9.17) is 16.0 Å². The minimum Gasteiger partial charge on any atom is -0.464 e. The molecule has 0 spiro atoms. The third kappa shape index (κ3) is 2.59. The van der Waals surface area contributed by atoms with Crippen molar-refractivity contribution < 1.29 is 4.42 Å². The number of rotatable bonds is 3. The van der Waals surface area contributed by atoms with Gasteiger partial charge in [-0.2, -0.15) is 0 Å². The molecule has 2 rings (SSSR count). The van der Waals surface area contributed by atoms with Crippen LogP contribution in [0.25, 0.3) is 0 Å². The predicted molar refractivity (Wildman–Crippen MR) is 66.2 cm³/mol. The van der Waals surface area contributed by atoms with Crippen molar-refractivity contribution >= 4 is 11.6 Å². The molecular weight excluding hydrogens is 224 g/mol. The van der Waals surface area contributed by atoms with Gasteiger partial charge < -0.3 is 14.6 Å². The Morgan fingerprint density at radius 2 is 2.00 bits per heavy atom. The second-order valence-electron chi connectivity index (χ2n) is 4.36. The molecule has 4 heteroatoms. The Balaban J connectivity index is 1.91. The topological polar surface area (TPSA) is 28.4 Å². The molecule has 1 aromatic rings. The molecular formula is C12H19ClN2O. The highest BCUT2D eigenvalue weighted by Crippen LogP contribution is 2.26. The van der Waals surface area contributed by atoms with Crippen LogP contribution in [-0.4, -0.2) is 37.6 Å². The molecule has 1 aliphatic rings. The maximum absolute atomic E-state index is 6.10. The Morgan fingerprint density at radius 3 is 2.56 bits per heavy atom. The number of nitrogens with zero attached hydrogens (tertiary/aromatic N) is 1. The number of halogens is 1. The summed E-state index contributed by atoms with van der Waals surface area (Å²) in [4.78, 5) is 2.46. The van der Waals surface area contributed by atoms with Crippen molar-refractivity contribution in [1.29, 1.82) is 0 Å². The second kappa shape index (κ2) is 5.21. The minimum absolute atomic E-state index is 0.787. The lowest BCUT2D eigenvalue weighted by atomic mass is 10.2. The first-order chi connectivity index (χ1) is 7.68. The summed E-state index contributed by atoms with van der Waals surface area (Å²) in [5, 5.41) is 4.14. The van der Waals surface area contributed by atoms with E-state index in [9.17, 15) is 0 Å². The van der Waals surface area contributed by atoms with Crippen LogP contribution in [0.5, 0.6) is 0 Å². The van der Waals surface area contributed by atoms with Gasteiger partial charge in [0.15, 0.2) is 0 Å².